The number of amides is 1. The highest BCUT2D eigenvalue weighted by molar-refractivity contribution is 6.77. The van der Waals surface area contributed by atoms with Crippen molar-refractivity contribution < 1.29 is 14.3 Å². The van der Waals surface area contributed by atoms with Crippen LogP contribution in [0.2, 0.25) is 19.6 Å². The Labute approximate surface area is 206 Å². The third-order valence-corrected chi connectivity index (χ3v) is 8.55. The number of carbonyl (C=O) groups excluding carboxylic acids is 1. The molecule has 1 aliphatic heterocycles. The molecule has 2 aromatic carbocycles. The lowest BCUT2D eigenvalue weighted by atomic mass is 10.0. The topological polar surface area (TPSA) is 51.1 Å². The number of rotatable bonds is 7. The van der Waals surface area contributed by atoms with Gasteiger partial charge in [0.25, 0.3) is 0 Å². The van der Waals surface area contributed by atoms with Crippen molar-refractivity contribution in [2.45, 2.75) is 83.7 Å². The number of aliphatic imine (C=N–C) groups is 1. The monoisotopic (exact) mass is 480 g/mol. The van der Waals surface area contributed by atoms with Gasteiger partial charge in [0.1, 0.15) is 11.5 Å². The van der Waals surface area contributed by atoms with Crippen molar-refractivity contribution in [1.82, 2.24) is 4.90 Å². The Morgan fingerprint density at radius 2 is 1.50 bits per heavy atom. The summed E-state index contributed by atoms with van der Waals surface area (Å²) in [5.74, 6) is 0. The van der Waals surface area contributed by atoms with Crippen molar-refractivity contribution in [1.29, 1.82) is 0 Å². The predicted molar refractivity (Wildman–Crippen MR) is 142 cm³/mol. The first kappa shape index (κ1) is 26.2. The van der Waals surface area contributed by atoms with E-state index in [0.29, 0.717) is 6.61 Å². The minimum Gasteiger partial charge on any atom is -0.448 e. The number of carbonyl (C=O) groups is 1. The van der Waals surface area contributed by atoms with E-state index in [1.54, 1.807) is 4.90 Å². The number of benzene rings is 2. The maximum atomic E-state index is 13.6. The van der Waals surface area contributed by atoms with Crippen molar-refractivity contribution in [3.05, 3.63) is 71.8 Å². The van der Waals surface area contributed by atoms with Crippen molar-refractivity contribution in [3.63, 3.8) is 0 Å². The third-order valence-electron chi connectivity index (χ3n) is 6.34. The summed E-state index contributed by atoms with van der Waals surface area (Å²) in [4.78, 5) is 20.6. The fourth-order valence-corrected chi connectivity index (χ4v) is 6.64. The van der Waals surface area contributed by atoms with Crippen LogP contribution >= 0.6 is 0 Å². The van der Waals surface area contributed by atoms with Crippen LogP contribution in [0.4, 0.5) is 4.79 Å². The molecule has 0 spiro atoms. The van der Waals surface area contributed by atoms with Crippen molar-refractivity contribution in [2.75, 3.05) is 6.61 Å². The van der Waals surface area contributed by atoms with Gasteiger partial charge in [-0.15, -0.1) is 0 Å². The molecule has 6 heteroatoms. The predicted octanol–water partition coefficient (Wildman–Crippen LogP) is 6.53. The summed E-state index contributed by atoms with van der Waals surface area (Å²) in [7, 11) is -1.96. The van der Waals surface area contributed by atoms with Crippen LogP contribution < -0.4 is 0 Å². The van der Waals surface area contributed by atoms with Crippen LogP contribution in [0.25, 0.3) is 0 Å². The molecule has 5 nitrogen and oxygen atoms in total. The highest BCUT2D eigenvalue weighted by atomic mass is 28.3. The van der Waals surface area contributed by atoms with Gasteiger partial charge < -0.3 is 9.47 Å². The smallest absolute Gasteiger partial charge is 0.412 e. The molecule has 1 amide bonds. The molecule has 0 saturated carbocycles. The van der Waals surface area contributed by atoms with Gasteiger partial charge in [-0.25, -0.2) is 4.79 Å². The molecular formula is C28H40N2O3Si. The SMILES string of the molecule is CC[C@@H](N=C(c1ccccc1)c1ccccc1)[C@@H](OC(=O)N1C(C)(C)COC1(C)C)[Si](C)(C)C. The Bertz CT molecular complexity index is 940. The van der Waals surface area contributed by atoms with Crippen molar-refractivity contribution in [2.24, 2.45) is 4.99 Å². The van der Waals surface area contributed by atoms with Gasteiger partial charge in [-0.05, 0) is 34.1 Å². The van der Waals surface area contributed by atoms with E-state index in [-0.39, 0.29) is 17.9 Å². The fraction of sp³-hybridized carbons (Fsp3) is 0.500. The summed E-state index contributed by atoms with van der Waals surface area (Å²) in [5.41, 5.74) is 1.62. The molecule has 0 N–H and O–H groups in total. The molecule has 34 heavy (non-hydrogen) atoms. The lowest BCUT2D eigenvalue weighted by Gasteiger charge is -2.40. The first-order valence-corrected chi connectivity index (χ1v) is 15.8. The molecule has 2 atom stereocenters. The average Bonchev–Trinajstić information content (AvgIpc) is 3.01. The first-order valence-electron chi connectivity index (χ1n) is 12.2. The van der Waals surface area contributed by atoms with Crippen LogP contribution in [0.1, 0.15) is 52.2 Å². The molecule has 0 unspecified atom stereocenters. The Hall–Kier alpha value is -2.44. The quantitative estimate of drug-likeness (QED) is 0.334. The second-order valence-corrected chi connectivity index (χ2v) is 16.5. The van der Waals surface area contributed by atoms with Gasteiger partial charge in [0.05, 0.1) is 32.0 Å². The van der Waals surface area contributed by atoms with E-state index in [0.717, 1.165) is 23.3 Å². The van der Waals surface area contributed by atoms with Crippen LogP contribution in [-0.4, -0.2) is 54.4 Å². The van der Waals surface area contributed by atoms with E-state index < -0.39 is 19.3 Å². The largest absolute Gasteiger partial charge is 0.448 e. The average molecular weight is 481 g/mol. The maximum Gasteiger partial charge on any atom is 0.412 e. The van der Waals surface area contributed by atoms with Crippen molar-refractivity contribution in [3.8, 4) is 0 Å². The Balaban J connectivity index is 2.01. The van der Waals surface area contributed by atoms with Gasteiger partial charge >= 0.3 is 6.09 Å². The van der Waals surface area contributed by atoms with Gasteiger partial charge in [-0.2, -0.15) is 0 Å². The number of nitrogens with zero attached hydrogens (tertiary/aromatic N) is 2. The molecule has 3 rings (SSSR count). The van der Waals surface area contributed by atoms with Crippen LogP contribution in [0.5, 0.6) is 0 Å². The van der Waals surface area contributed by atoms with E-state index in [1.807, 2.05) is 64.1 Å². The zero-order valence-corrected chi connectivity index (χ0v) is 23.0. The summed E-state index contributed by atoms with van der Waals surface area (Å²) in [6.07, 6.45) is 0.448. The van der Waals surface area contributed by atoms with E-state index in [2.05, 4.69) is 50.8 Å². The Morgan fingerprint density at radius 1 is 1.00 bits per heavy atom. The Morgan fingerprint density at radius 3 is 1.88 bits per heavy atom. The minimum absolute atomic E-state index is 0.152. The molecule has 1 fully saturated rings. The summed E-state index contributed by atoms with van der Waals surface area (Å²) >= 11 is 0. The summed E-state index contributed by atoms with van der Waals surface area (Å²) < 4.78 is 12.3. The van der Waals surface area contributed by atoms with Crippen molar-refractivity contribution >= 4 is 19.9 Å². The Kier molecular flexibility index (Phi) is 7.73. The maximum absolute atomic E-state index is 13.6. The molecule has 2 aromatic rings. The van der Waals surface area contributed by atoms with Crippen LogP contribution in [-0.2, 0) is 9.47 Å². The fourth-order valence-electron chi connectivity index (χ4n) is 4.72. The lowest BCUT2D eigenvalue weighted by Crippen LogP contribution is -2.57. The normalized spacial score (nSPS) is 18.8. The van der Waals surface area contributed by atoms with Gasteiger partial charge in [0.2, 0.25) is 0 Å². The summed E-state index contributed by atoms with van der Waals surface area (Å²) in [5, 5.41) is 0. The number of ether oxygens (including phenoxy) is 2. The van der Waals surface area contributed by atoms with E-state index in [4.69, 9.17) is 14.5 Å². The number of hydrogen-bond acceptors (Lipinski definition) is 4. The van der Waals surface area contributed by atoms with Gasteiger partial charge in [-0.3, -0.25) is 9.89 Å². The van der Waals surface area contributed by atoms with Crippen LogP contribution in [0.3, 0.4) is 0 Å². The van der Waals surface area contributed by atoms with Gasteiger partial charge in [-0.1, -0.05) is 87.2 Å². The molecule has 0 aromatic heterocycles. The van der Waals surface area contributed by atoms with Crippen LogP contribution in [0, 0.1) is 0 Å². The zero-order chi connectivity index (χ0) is 25.1. The van der Waals surface area contributed by atoms with Gasteiger partial charge in [0.15, 0.2) is 0 Å². The lowest BCUT2D eigenvalue weighted by molar-refractivity contribution is -0.0553. The molecular weight excluding hydrogens is 440 g/mol. The molecule has 0 radical (unpaired) electrons. The highest BCUT2D eigenvalue weighted by Crippen LogP contribution is 2.36. The second-order valence-electron chi connectivity index (χ2n) is 11.2. The third kappa shape index (κ3) is 5.78. The number of hydrogen-bond donors (Lipinski definition) is 0. The first-order chi connectivity index (χ1) is 15.9. The van der Waals surface area contributed by atoms with Gasteiger partial charge in [0, 0.05) is 11.1 Å². The standard InChI is InChI=1S/C28H40N2O3Si/c1-9-23(29-24(21-16-12-10-13-17-21)22-18-14-11-15-19-22)25(34(6,7)8)33-26(31)30-27(2,3)20-32-28(30,4)5/h10-19,23,25H,9,20H2,1-8H3/t23-,25+/m1/s1. The highest BCUT2D eigenvalue weighted by Gasteiger charge is 2.51. The van der Waals surface area contributed by atoms with E-state index >= 15 is 0 Å². The van der Waals surface area contributed by atoms with E-state index in [1.165, 1.54) is 0 Å². The van der Waals surface area contributed by atoms with E-state index in [9.17, 15) is 4.79 Å². The molecule has 0 aliphatic carbocycles. The summed E-state index contributed by atoms with van der Waals surface area (Å²) in [6.45, 7) is 17.2. The van der Waals surface area contributed by atoms with Crippen LogP contribution in [0.15, 0.2) is 65.7 Å². The molecule has 184 valence electrons. The summed E-state index contributed by atoms with van der Waals surface area (Å²) in [6, 6.07) is 20.3. The minimum atomic E-state index is -1.96. The molecule has 1 aliphatic rings. The molecule has 1 saturated heterocycles. The molecule has 0 bridgehead atoms. The molecule has 1 heterocycles. The second kappa shape index (κ2) is 10.0. The zero-order valence-electron chi connectivity index (χ0n) is 22.0.